The molecule has 0 bridgehead atoms. The van der Waals surface area contributed by atoms with Crippen LogP contribution >= 0.6 is 54.9 Å². The molecule has 0 heterocycles. The number of hydrogen-bond acceptors (Lipinski definition) is 8. The third-order valence-corrected chi connectivity index (χ3v) is 8.15. The van der Waals surface area contributed by atoms with Gasteiger partial charge in [-0.3, -0.25) is 14.2 Å². The number of ether oxygens (including phenoxy) is 1. The Balaban J connectivity index is 2.27. The Labute approximate surface area is 212 Å². The number of alkyl halides is 3. The van der Waals surface area contributed by atoms with Crippen LogP contribution in [0.3, 0.4) is 0 Å². The number of carbonyl (C=O) groups excluding carboxylic acids is 2. The Kier molecular flexibility index (Phi) is 11.1. The summed E-state index contributed by atoms with van der Waals surface area (Å²) in [5, 5.41) is 0.830. The van der Waals surface area contributed by atoms with Crippen LogP contribution in [0, 0.1) is 0 Å². The molecular formula is C19H17Cl2F3NO6PS2. The van der Waals surface area contributed by atoms with E-state index in [1.807, 2.05) is 0 Å². The van der Waals surface area contributed by atoms with Crippen LogP contribution in [-0.2, 0) is 26.8 Å². The van der Waals surface area contributed by atoms with Crippen molar-refractivity contribution in [2.24, 2.45) is 0 Å². The zero-order valence-electron chi connectivity index (χ0n) is 17.3. The van der Waals surface area contributed by atoms with E-state index in [1.54, 1.807) is 0 Å². The summed E-state index contributed by atoms with van der Waals surface area (Å²) in [6, 6.07) is 12.1. The highest BCUT2D eigenvalue weighted by atomic mass is 35.5. The molecule has 0 saturated heterocycles. The van der Waals surface area contributed by atoms with Crippen molar-refractivity contribution in [1.29, 1.82) is 0 Å². The highest BCUT2D eigenvalue weighted by molar-refractivity contribution is 8.02. The van der Waals surface area contributed by atoms with Crippen molar-refractivity contribution < 1.29 is 40.0 Å². The van der Waals surface area contributed by atoms with Crippen LogP contribution in [-0.4, -0.2) is 42.4 Å². The molecule has 7 nitrogen and oxygen atoms in total. The first-order valence-corrected chi connectivity index (χ1v) is 13.2. The summed E-state index contributed by atoms with van der Waals surface area (Å²) < 4.78 is 68.0. The Morgan fingerprint density at radius 3 is 1.76 bits per heavy atom. The van der Waals surface area contributed by atoms with Crippen molar-refractivity contribution in [2.75, 3.05) is 19.4 Å². The number of nitrogens with zero attached hydrogens (tertiary/aromatic N) is 1. The Morgan fingerprint density at radius 2 is 1.38 bits per heavy atom. The molecule has 2 aromatic carbocycles. The Morgan fingerprint density at radius 1 is 0.941 bits per heavy atom. The lowest BCUT2D eigenvalue weighted by atomic mass is 10.4. The van der Waals surface area contributed by atoms with E-state index in [-0.39, 0.29) is 11.5 Å². The van der Waals surface area contributed by atoms with E-state index in [9.17, 15) is 27.3 Å². The molecule has 0 radical (unpaired) electrons. The molecule has 0 fully saturated rings. The first-order valence-electron chi connectivity index (χ1n) is 9.26. The minimum absolute atomic E-state index is 0.0175. The summed E-state index contributed by atoms with van der Waals surface area (Å²) in [6.45, 7) is 0.201. The summed E-state index contributed by atoms with van der Waals surface area (Å²) in [7, 11) is -4.47. The van der Waals surface area contributed by atoms with E-state index >= 15 is 0 Å². The Hall–Kier alpha value is -1.40. The van der Waals surface area contributed by atoms with Gasteiger partial charge in [0.2, 0.25) is 0 Å². The lowest BCUT2D eigenvalue weighted by molar-refractivity contribution is -0.186. The summed E-state index contributed by atoms with van der Waals surface area (Å²) in [4.78, 5) is 24.6. The lowest BCUT2D eigenvalue weighted by Crippen LogP contribution is -2.44. The molecule has 0 N–H and O–H groups in total. The summed E-state index contributed by atoms with van der Waals surface area (Å²) >= 11 is 12.7. The number of amides is 1. The van der Waals surface area contributed by atoms with Gasteiger partial charge in [0, 0.05) is 43.9 Å². The number of rotatable bonds is 11. The van der Waals surface area contributed by atoms with Crippen LogP contribution in [0.15, 0.2) is 58.3 Å². The van der Waals surface area contributed by atoms with Gasteiger partial charge in [-0.2, -0.15) is 13.2 Å². The molecule has 2 rings (SSSR count). The average molecular weight is 578 g/mol. The highest BCUT2D eigenvalue weighted by Crippen LogP contribution is 2.57. The van der Waals surface area contributed by atoms with Crippen LogP contribution in [0.5, 0.6) is 0 Å². The topological polar surface area (TPSA) is 82.1 Å². The van der Waals surface area contributed by atoms with E-state index < -0.39 is 38.5 Å². The van der Waals surface area contributed by atoms with E-state index in [1.165, 1.54) is 55.5 Å². The van der Waals surface area contributed by atoms with Crippen molar-refractivity contribution in [3.8, 4) is 0 Å². The van der Waals surface area contributed by atoms with Gasteiger partial charge in [-0.15, -0.1) is 0 Å². The molecule has 2 aromatic rings. The molecule has 0 saturated carbocycles. The Bertz CT molecular complexity index is 975. The number of hydrogen-bond donors (Lipinski definition) is 0. The van der Waals surface area contributed by atoms with Crippen LogP contribution in [0.4, 0.5) is 13.2 Å². The van der Waals surface area contributed by atoms with Gasteiger partial charge in [0.1, 0.15) is 12.8 Å². The summed E-state index contributed by atoms with van der Waals surface area (Å²) in [5.74, 6) is -3.52. The second-order valence-electron chi connectivity index (χ2n) is 6.28. The van der Waals surface area contributed by atoms with Crippen LogP contribution in [0.25, 0.3) is 0 Å². The largest absolute Gasteiger partial charge is 0.471 e. The fourth-order valence-electron chi connectivity index (χ4n) is 2.18. The fourth-order valence-corrected chi connectivity index (χ4v) is 5.87. The molecule has 15 heteroatoms. The number of halogens is 5. The van der Waals surface area contributed by atoms with Gasteiger partial charge in [-0.05, 0) is 55.5 Å². The van der Waals surface area contributed by atoms with Crippen molar-refractivity contribution in [3.05, 3.63) is 58.6 Å². The number of esters is 1. The number of benzene rings is 2. The minimum Gasteiger partial charge on any atom is -0.465 e. The molecule has 34 heavy (non-hydrogen) atoms. The van der Waals surface area contributed by atoms with Gasteiger partial charge in [0.15, 0.2) is 0 Å². The molecule has 0 spiro atoms. The average Bonchev–Trinajstić information content (AvgIpc) is 2.77. The molecule has 0 atom stereocenters. The predicted molar refractivity (Wildman–Crippen MR) is 124 cm³/mol. The predicted octanol–water partition coefficient (Wildman–Crippen LogP) is 6.85. The maximum atomic E-state index is 13.4. The second-order valence-corrected chi connectivity index (χ2v) is 11.1. The smallest absolute Gasteiger partial charge is 0.465 e. The summed E-state index contributed by atoms with van der Waals surface area (Å²) in [5.41, 5.74) is 0. The van der Waals surface area contributed by atoms with E-state index in [2.05, 4.69) is 4.74 Å². The summed E-state index contributed by atoms with van der Waals surface area (Å²) in [6.07, 6.45) is -6.52. The van der Waals surface area contributed by atoms with Crippen molar-refractivity contribution in [2.45, 2.75) is 22.9 Å². The third kappa shape index (κ3) is 9.69. The first kappa shape index (κ1) is 28.8. The van der Waals surface area contributed by atoms with Gasteiger partial charge < -0.3 is 9.64 Å². The molecule has 0 unspecified atom stereocenters. The quantitative estimate of drug-likeness (QED) is 0.163. The molecule has 186 valence electrons. The van der Waals surface area contributed by atoms with Crippen LogP contribution in [0.1, 0.15) is 6.92 Å². The molecular weight excluding hydrogens is 561 g/mol. The van der Waals surface area contributed by atoms with Gasteiger partial charge in [-0.25, -0.2) is 7.94 Å². The van der Waals surface area contributed by atoms with E-state index in [4.69, 9.17) is 31.1 Å². The molecule has 0 aliphatic heterocycles. The van der Waals surface area contributed by atoms with Crippen molar-refractivity contribution in [3.63, 3.8) is 0 Å². The van der Waals surface area contributed by atoms with Gasteiger partial charge >= 0.3 is 25.6 Å². The number of carbonyl (C=O) groups is 2. The zero-order chi connectivity index (χ0) is 25.4. The second kappa shape index (κ2) is 13.1. The fraction of sp³-hybridized carbons (Fsp3) is 0.263. The van der Waals surface area contributed by atoms with Gasteiger partial charge in [0.05, 0.1) is 6.61 Å². The standard InChI is InChI=1S/C19H17Cl2F3NO6PS2/c1-2-29-17(26)11-25(18(27)19(22,23)24)12-32(28,30-33-15-7-3-13(20)4-8-15)31-34-16-9-5-14(21)6-10-16/h3-10H,2,11-12H2,1H3. The van der Waals surface area contributed by atoms with Crippen LogP contribution < -0.4 is 0 Å². The SMILES string of the molecule is CCOC(=O)CN(CP(=O)(OSc1ccc(Cl)cc1)OSc1ccc(Cl)cc1)C(=O)C(F)(F)F. The van der Waals surface area contributed by atoms with Crippen LogP contribution in [0.2, 0.25) is 10.0 Å². The third-order valence-electron chi connectivity index (χ3n) is 3.62. The molecule has 0 aliphatic rings. The van der Waals surface area contributed by atoms with E-state index in [0.29, 0.717) is 43.9 Å². The molecule has 0 aromatic heterocycles. The maximum absolute atomic E-state index is 13.4. The highest BCUT2D eigenvalue weighted by Gasteiger charge is 2.46. The van der Waals surface area contributed by atoms with E-state index in [0.717, 1.165) is 0 Å². The molecule has 1 amide bonds. The maximum Gasteiger partial charge on any atom is 0.471 e. The zero-order valence-corrected chi connectivity index (χ0v) is 21.3. The van der Waals surface area contributed by atoms with Gasteiger partial charge in [-0.1, -0.05) is 23.2 Å². The normalized spacial score (nSPS) is 11.8. The van der Waals surface area contributed by atoms with Crippen molar-refractivity contribution >= 4 is 66.8 Å². The monoisotopic (exact) mass is 577 g/mol. The minimum atomic E-state index is -5.34. The van der Waals surface area contributed by atoms with Crippen molar-refractivity contribution in [1.82, 2.24) is 4.90 Å². The lowest BCUT2D eigenvalue weighted by Gasteiger charge is -2.26. The first-order chi connectivity index (χ1) is 15.9. The molecule has 0 aliphatic carbocycles. The van der Waals surface area contributed by atoms with Gasteiger partial charge in [0.25, 0.3) is 0 Å².